The van der Waals surface area contributed by atoms with E-state index in [9.17, 15) is 18.0 Å². The molecular formula is C17H15ClF3NO4. The average molecular weight is 390 g/mol. The van der Waals surface area contributed by atoms with Crippen LogP contribution < -0.4 is 5.32 Å². The van der Waals surface area contributed by atoms with Gasteiger partial charge in [0.05, 0.1) is 23.3 Å². The van der Waals surface area contributed by atoms with E-state index in [1.54, 1.807) is 6.20 Å². The normalized spacial score (nSPS) is 25.1. The van der Waals surface area contributed by atoms with Crippen molar-refractivity contribution in [3.63, 3.8) is 0 Å². The Morgan fingerprint density at radius 3 is 2.58 bits per heavy atom. The molecule has 140 valence electrons. The van der Waals surface area contributed by atoms with Crippen molar-refractivity contribution in [3.05, 3.63) is 57.9 Å². The van der Waals surface area contributed by atoms with Crippen LogP contribution in [0.2, 0.25) is 5.02 Å². The van der Waals surface area contributed by atoms with Gasteiger partial charge in [-0.1, -0.05) is 17.7 Å². The zero-order valence-corrected chi connectivity index (χ0v) is 14.5. The van der Waals surface area contributed by atoms with Gasteiger partial charge in [-0.25, -0.2) is 4.79 Å². The summed E-state index contributed by atoms with van der Waals surface area (Å²) in [5, 5.41) is 2.40. The number of dihydropyridines is 1. The fourth-order valence-electron chi connectivity index (χ4n) is 2.94. The van der Waals surface area contributed by atoms with E-state index in [0.717, 1.165) is 12.1 Å². The topological polar surface area (TPSA) is 60.1 Å². The standard InChI is InChI=1S/C17H15ClF3NO4/c1-24-15(23)10-7-22-6-9(14-16(25-2)26-14)13(10)8-3-4-12(18)11(5-8)17(19,20)21/h3-7,13-14,16,22H,1-2H3. The lowest BCUT2D eigenvalue weighted by Crippen LogP contribution is -2.25. The van der Waals surface area contributed by atoms with Gasteiger partial charge in [-0.05, 0) is 23.3 Å². The Kier molecular flexibility index (Phi) is 5.01. The number of carbonyl (C=O) groups excluding carboxylic acids is 1. The van der Waals surface area contributed by atoms with E-state index in [0.29, 0.717) is 5.57 Å². The first kappa shape index (κ1) is 18.8. The Bertz CT molecular complexity index is 791. The lowest BCUT2D eigenvalue weighted by atomic mass is 9.81. The van der Waals surface area contributed by atoms with E-state index in [1.807, 2.05) is 0 Å². The number of methoxy groups -OCH3 is 2. The van der Waals surface area contributed by atoms with Crippen molar-refractivity contribution in [2.75, 3.05) is 14.2 Å². The van der Waals surface area contributed by atoms with Gasteiger partial charge in [0.25, 0.3) is 0 Å². The molecule has 1 aromatic carbocycles. The molecule has 1 aromatic rings. The molecule has 2 aliphatic heterocycles. The van der Waals surface area contributed by atoms with E-state index in [2.05, 4.69) is 5.32 Å². The molecule has 2 aliphatic rings. The summed E-state index contributed by atoms with van der Waals surface area (Å²) in [6.45, 7) is 0. The Hall–Kier alpha value is -2.03. The quantitative estimate of drug-likeness (QED) is 0.632. The van der Waals surface area contributed by atoms with E-state index in [4.69, 9.17) is 25.8 Å². The van der Waals surface area contributed by atoms with Crippen LogP contribution in [0.25, 0.3) is 0 Å². The van der Waals surface area contributed by atoms with Crippen molar-refractivity contribution in [1.29, 1.82) is 0 Å². The molecule has 9 heteroatoms. The van der Waals surface area contributed by atoms with E-state index >= 15 is 0 Å². The molecule has 0 aromatic heterocycles. The molecule has 0 aliphatic carbocycles. The molecule has 0 bridgehead atoms. The summed E-state index contributed by atoms with van der Waals surface area (Å²) >= 11 is 5.70. The highest BCUT2D eigenvalue weighted by Gasteiger charge is 2.47. The van der Waals surface area contributed by atoms with E-state index < -0.39 is 41.0 Å². The highest BCUT2D eigenvalue weighted by molar-refractivity contribution is 6.31. The van der Waals surface area contributed by atoms with Gasteiger partial charge in [0, 0.05) is 25.4 Å². The molecule has 0 saturated carbocycles. The Balaban J connectivity index is 2.07. The second kappa shape index (κ2) is 6.94. The van der Waals surface area contributed by atoms with Gasteiger partial charge < -0.3 is 19.5 Å². The Morgan fingerprint density at radius 1 is 1.27 bits per heavy atom. The molecule has 5 nitrogen and oxygen atoms in total. The summed E-state index contributed by atoms with van der Waals surface area (Å²) in [6, 6.07) is 3.55. The van der Waals surface area contributed by atoms with Crippen molar-refractivity contribution >= 4 is 17.6 Å². The molecule has 1 fully saturated rings. The fourth-order valence-corrected chi connectivity index (χ4v) is 3.17. The molecule has 26 heavy (non-hydrogen) atoms. The van der Waals surface area contributed by atoms with Crippen molar-refractivity contribution in [2.45, 2.75) is 24.5 Å². The third-order valence-electron chi connectivity index (χ3n) is 4.20. The van der Waals surface area contributed by atoms with Crippen LogP contribution in [0.4, 0.5) is 13.2 Å². The minimum Gasteiger partial charge on any atom is -0.466 e. The molecule has 1 saturated heterocycles. The zero-order chi connectivity index (χ0) is 19.1. The van der Waals surface area contributed by atoms with Crippen molar-refractivity contribution in [3.8, 4) is 0 Å². The van der Waals surface area contributed by atoms with Crippen LogP contribution in [0.3, 0.4) is 0 Å². The number of rotatable bonds is 4. The molecular weight excluding hydrogens is 375 g/mol. The number of hydrogen-bond donors (Lipinski definition) is 1. The predicted octanol–water partition coefficient (Wildman–Crippen LogP) is 3.36. The van der Waals surface area contributed by atoms with Gasteiger partial charge >= 0.3 is 12.1 Å². The van der Waals surface area contributed by atoms with Crippen LogP contribution in [0, 0.1) is 0 Å². The van der Waals surface area contributed by atoms with Crippen LogP contribution in [0.15, 0.2) is 41.7 Å². The molecule has 2 heterocycles. The van der Waals surface area contributed by atoms with Crippen molar-refractivity contribution < 1.29 is 32.2 Å². The molecule has 3 unspecified atom stereocenters. The molecule has 3 atom stereocenters. The van der Waals surface area contributed by atoms with Crippen LogP contribution >= 0.6 is 11.6 Å². The maximum atomic E-state index is 13.2. The zero-order valence-electron chi connectivity index (χ0n) is 13.8. The lowest BCUT2D eigenvalue weighted by Gasteiger charge is -2.26. The number of halogens is 4. The second-order valence-electron chi connectivity index (χ2n) is 5.73. The highest BCUT2D eigenvalue weighted by Crippen LogP contribution is 2.45. The number of hydrogen-bond acceptors (Lipinski definition) is 5. The van der Waals surface area contributed by atoms with Crippen LogP contribution in [-0.4, -0.2) is 32.6 Å². The summed E-state index contributed by atoms with van der Waals surface area (Å²) in [6.07, 6.45) is -2.63. The van der Waals surface area contributed by atoms with E-state index in [-0.39, 0.29) is 11.1 Å². The SMILES string of the molecule is COC(=O)C1=CNC=C(C2OC2OC)C1c1ccc(Cl)c(C(F)(F)F)c1. The maximum Gasteiger partial charge on any atom is 0.417 e. The van der Waals surface area contributed by atoms with Gasteiger partial charge in [-0.2, -0.15) is 13.2 Å². The molecule has 0 amide bonds. The van der Waals surface area contributed by atoms with Crippen molar-refractivity contribution in [1.82, 2.24) is 5.32 Å². The highest BCUT2D eigenvalue weighted by atomic mass is 35.5. The van der Waals surface area contributed by atoms with Gasteiger partial charge in [-0.15, -0.1) is 0 Å². The van der Waals surface area contributed by atoms with Crippen LogP contribution in [0.5, 0.6) is 0 Å². The number of carbonyl (C=O) groups is 1. The molecule has 1 N–H and O–H groups in total. The third kappa shape index (κ3) is 3.44. The lowest BCUT2D eigenvalue weighted by molar-refractivity contribution is -0.137. The molecule has 0 spiro atoms. The monoisotopic (exact) mass is 389 g/mol. The summed E-state index contributed by atoms with van der Waals surface area (Å²) in [5.41, 5.74) is -0.00348. The number of esters is 1. The Morgan fingerprint density at radius 2 is 2.00 bits per heavy atom. The third-order valence-corrected chi connectivity index (χ3v) is 4.53. The second-order valence-corrected chi connectivity index (χ2v) is 6.14. The van der Waals surface area contributed by atoms with Crippen LogP contribution in [-0.2, 0) is 25.2 Å². The minimum absolute atomic E-state index is 0.158. The Labute approximate surface area is 152 Å². The first-order valence-electron chi connectivity index (χ1n) is 7.57. The predicted molar refractivity (Wildman–Crippen MR) is 86.2 cm³/mol. The summed E-state index contributed by atoms with van der Waals surface area (Å²) in [4.78, 5) is 12.2. The fraction of sp³-hybridized carbons (Fsp3) is 0.353. The summed E-state index contributed by atoms with van der Waals surface area (Å²) < 4.78 is 55.0. The minimum atomic E-state index is -4.62. The van der Waals surface area contributed by atoms with E-state index in [1.165, 1.54) is 26.5 Å². The number of benzene rings is 1. The smallest absolute Gasteiger partial charge is 0.417 e. The molecule has 3 rings (SSSR count). The van der Waals surface area contributed by atoms with Gasteiger partial charge in [-0.3, -0.25) is 0 Å². The van der Waals surface area contributed by atoms with Gasteiger partial charge in [0.1, 0.15) is 6.10 Å². The van der Waals surface area contributed by atoms with Gasteiger partial charge in [0.2, 0.25) is 0 Å². The van der Waals surface area contributed by atoms with Crippen LogP contribution in [0.1, 0.15) is 17.0 Å². The number of epoxide rings is 1. The summed E-state index contributed by atoms with van der Waals surface area (Å²) in [5.74, 6) is -1.45. The number of ether oxygens (including phenoxy) is 3. The first-order valence-corrected chi connectivity index (χ1v) is 7.95. The number of alkyl halides is 3. The molecule has 0 radical (unpaired) electrons. The average Bonchev–Trinajstić information content (AvgIpc) is 3.39. The maximum absolute atomic E-state index is 13.2. The number of nitrogens with one attached hydrogen (secondary N) is 1. The summed E-state index contributed by atoms with van der Waals surface area (Å²) in [7, 11) is 2.66. The van der Waals surface area contributed by atoms with Gasteiger partial charge in [0.15, 0.2) is 6.29 Å². The van der Waals surface area contributed by atoms with Crippen molar-refractivity contribution in [2.24, 2.45) is 0 Å². The first-order chi connectivity index (χ1) is 12.3. The largest absolute Gasteiger partial charge is 0.466 e.